The monoisotopic (exact) mass is 533 g/mol. The molecule has 0 spiro atoms. The molecule has 0 rings (SSSR count). The molecule has 3 atom stereocenters. The summed E-state index contributed by atoms with van der Waals surface area (Å²) in [6.45, 7) is 16.0. The Morgan fingerprint density at radius 1 is 0.500 bits per heavy atom. The number of rotatable bonds is 30. The number of carbonyl (C=O) groups excluding carboxylic acids is 1. The van der Waals surface area contributed by atoms with Crippen molar-refractivity contribution in [2.45, 2.75) is 202 Å². The summed E-state index contributed by atoms with van der Waals surface area (Å²) in [5, 5.41) is 0. The van der Waals surface area contributed by atoms with Gasteiger partial charge in [-0.25, -0.2) is 0 Å². The second-order valence-corrected chi connectivity index (χ2v) is 12.9. The normalized spacial score (nSPS) is 13.9. The van der Waals surface area contributed by atoms with Gasteiger partial charge >= 0.3 is 0 Å². The topological polar surface area (TPSA) is 17.1 Å². The minimum absolute atomic E-state index is 0.515. The molecule has 0 aliphatic rings. The van der Waals surface area contributed by atoms with Gasteiger partial charge in [-0.1, -0.05) is 162 Å². The van der Waals surface area contributed by atoms with Gasteiger partial charge in [0, 0.05) is 12.8 Å². The summed E-state index contributed by atoms with van der Waals surface area (Å²) in [5.74, 6) is 3.10. The van der Waals surface area contributed by atoms with Gasteiger partial charge < -0.3 is 0 Å². The Kier molecular flexibility index (Phi) is 27.5. The largest absolute Gasteiger partial charge is 0.300 e. The summed E-state index contributed by atoms with van der Waals surface area (Å²) in [5.41, 5.74) is 1.50. The van der Waals surface area contributed by atoms with E-state index in [2.05, 4.69) is 41.2 Å². The second-order valence-electron chi connectivity index (χ2n) is 12.9. The lowest BCUT2D eigenvalue weighted by Gasteiger charge is -2.15. The number of Topliss-reactive ketones (excluding diaryl/α,β-unsaturated/α-hetero) is 1. The summed E-state index contributed by atoms with van der Waals surface area (Å²) in [6.07, 6.45) is 33.5. The van der Waals surface area contributed by atoms with E-state index in [1.165, 1.54) is 147 Å². The van der Waals surface area contributed by atoms with Gasteiger partial charge in [-0.3, -0.25) is 4.79 Å². The molecule has 0 N–H and O–H groups in total. The maximum Gasteiger partial charge on any atom is 0.132 e. The van der Waals surface area contributed by atoms with E-state index in [1.54, 1.807) is 0 Å². The number of allylic oxidation sites excluding steroid dienone is 1. The summed E-state index contributed by atoms with van der Waals surface area (Å²) in [7, 11) is 0. The molecule has 3 unspecified atom stereocenters. The third kappa shape index (κ3) is 24.5. The fourth-order valence-electron chi connectivity index (χ4n) is 6.00. The average Bonchev–Trinajstić information content (AvgIpc) is 2.92. The Labute approximate surface area is 241 Å². The molecule has 1 heteroatoms. The molecule has 0 aliphatic carbocycles. The maximum absolute atomic E-state index is 12.2. The summed E-state index contributed by atoms with van der Waals surface area (Å²) >= 11 is 0. The fourth-order valence-corrected chi connectivity index (χ4v) is 6.00. The van der Waals surface area contributed by atoms with Crippen molar-refractivity contribution in [3.63, 3.8) is 0 Å². The molecule has 0 saturated heterocycles. The van der Waals surface area contributed by atoms with Crippen molar-refractivity contribution in [2.75, 3.05) is 0 Å². The van der Waals surface area contributed by atoms with Crippen molar-refractivity contribution in [3.8, 4) is 0 Å². The Morgan fingerprint density at radius 3 is 1.45 bits per heavy atom. The average molecular weight is 533 g/mol. The highest BCUT2D eigenvalue weighted by molar-refractivity contribution is 5.78. The van der Waals surface area contributed by atoms with Gasteiger partial charge in [-0.05, 0) is 56.3 Å². The standard InChI is InChI=1S/C37H72O/c1-7-11-26-35(9-3)30-29-34(6)25-21-16-13-15-19-23-33(5)24-20-17-14-18-22-28-37(38)32-31-36(10-4)27-12-8-2/h33,35-36H,6-32H2,1-5H3. The third-order valence-electron chi connectivity index (χ3n) is 9.20. The first-order chi connectivity index (χ1) is 18.5. The summed E-state index contributed by atoms with van der Waals surface area (Å²) in [6, 6.07) is 0. The van der Waals surface area contributed by atoms with E-state index in [0.29, 0.717) is 5.78 Å². The minimum Gasteiger partial charge on any atom is -0.300 e. The molecular weight excluding hydrogens is 460 g/mol. The number of carbonyl (C=O) groups is 1. The first-order valence-corrected chi connectivity index (χ1v) is 17.6. The van der Waals surface area contributed by atoms with Crippen molar-refractivity contribution in [2.24, 2.45) is 17.8 Å². The van der Waals surface area contributed by atoms with Gasteiger partial charge in [0.25, 0.3) is 0 Å². The second kappa shape index (κ2) is 28.0. The van der Waals surface area contributed by atoms with E-state index >= 15 is 0 Å². The van der Waals surface area contributed by atoms with E-state index in [9.17, 15) is 4.79 Å². The predicted molar refractivity (Wildman–Crippen MR) is 173 cm³/mol. The highest BCUT2D eigenvalue weighted by atomic mass is 16.1. The van der Waals surface area contributed by atoms with Crippen LogP contribution in [0.5, 0.6) is 0 Å². The van der Waals surface area contributed by atoms with Crippen LogP contribution in [0, 0.1) is 17.8 Å². The van der Waals surface area contributed by atoms with Crippen LogP contribution in [0.3, 0.4) is 0 Å². The number of unbranched alkanes of at least 4 members (excludes halogenated alkanes) is 10. The summed E-state index contributed by atoms with van der Waals surface area (Å²) in [4.78, 5) is 12.2. The number of hydrogen-bond donors (Lipinski definition) is 0. The summed E-state index contributed by atoms with van der Waals surface area (Å²) < 4.78 is 0. The molecule has 0 saturated carbocycles. The van der Waals surface area contributed by atoms with Crippen molar-refractivity contribution >= 4 is 5.78 Å². The number of ketones is 1. The van der Waals surface area contributed by atoms with Crippen molar-refractivity contribution in [3.05, 3.63) is 12.2 Å². The SMILES string of the molecule is C=C(CCCCCCCC(C)CCCCCCCC(=O)CCC(CC)CCCC)CCC(CC)CCCC. The smallest absolute Gasteiger partial charge is 0.132 e. The predicted octanol–water partition coefficient (Wildman–Crippen LogP) is 13.2. The minimum atomic E-state index is 0.515. The van der Waals surface area contributed by atoms with Crippen LogP contribution in [0.2, 0.25) is 0 Å². The molecule has 1 nitrogen and oxygen atoms in total. The van der Waals surface area contributed by atoms with Crippen LogP contribution in [0.15, 0.2) is 12.2 Å². The van der Waals surface area contributed by atoms with Crippen LogP contribution >= 0.6 is 0 Å². The van der Waals surface area contributed by atoms with Gasteiger partial charge in [0.05, 0.1) is 0 Å². The van der Waals surface area contributed by atoms with Crippen molar-refractivity contribution in [1.29, 1.82) is 0 Å². The zero-order valence-electron chi connectivity index (χ0n) is 27.2. The van der Waals surface area contributed by atoms with Gasteiger partial charge in [0.1, 0.15) is 5.78 Å². The highest BCUT2D eigenvalue weighted by Crippen LogP contribution is 2.24. The van der Waals surface area contributed by atoms with Crippen LogP contribution in [-0.4, -0.2) is 5.78 Å². The van der Waals surface area contributed by atoms with E-state index in [4.69, 9.17) is 0 Å². The lowest BCUT2D eigenvalue weighted by atomic mass is 9.91. The molecule has 0 fully saturated rings. The molecule has 38 heavy (non-hydrogen) atoms. The van der Waals surface area contributed by atoms with Crippen LogP contribution in [0.25, 0.3) is 0 Å². The Morgan fingerprint density at radius 2 is 0.947 bits per heavy atom. The highest BCUT2D eigenvalue weighted by Gasteiger charge is 2.10. The van der Waals surface area contributed by atoms with Crippen molar-refractivity contribution < 1.29 is 4.79 Å². The fraction of sp³-hybridized carbons (Fsp3) is 0.919. The van der Waals surface area contributed by atoms with Gasteiger partial charge in [-0.2, -0.15) is 0 Å². The number of hydrogen-bond acceptors (Lipinski definition) is 1. The van der Waals surface area contributed by atoms with Crippen LogP contribution in [0.4, 0.5) is 0 Å². The molecular formula is C37H72O. The zero-order valence-corrected chi connectivity index (χ0v) is 27.2. The molecule has 0 heterocycles. The first kappa shape index (κ1) is 37.4. The van der Waals surface area contributed by atoms with Crippen LogP contribution in [-0.2, 0) is 4.79 Å². The van der Waals surface area contributed by atoms with Gasteiger partial charge in [-0.15, -0.1) is 0 Å². The molecule has 0 radical (unpaired) electrons. The Bertz CT molecular complexity index is 475. The van der Waals surface area contributed by atoms with Crippen LogP contribution < -0.4 is 0 Å². The maximum atomic E-state index is 12.2. The van der Waals surface area contributed by atoms with E-state index in [1.807, 2.05) is 0 Å². The zero-order chi connectivity index (χ0) is 28.3. The molecule has 0 aliphatic heterocycles. The van der Waals surface area contributed by atoms with Crippen molar-refractivity contribution in [1.82, 2.24) is 0 Å². The lowest BCUT2D eigenvalue weighted by molar-refractivity contribution is -0.119. The lowest BCUT2D eigenvalue weighted by Crippen LogP contribution is -2.04. The van der Waals surface area contributed by atoms with Gasteiger partial charge in [0.2, 0.25) is 0 Å². The van der Waals surface area contributed by atoms with E-state index in [-0.39, 0.29) is 0 Å². The molecule has 0 aromatic carbocycles. The van der Waals surface area contributed by atoms with E-state index < -0.39 is 0 Å². The molecule has 226 valence electrons. The first-order valence-electron chi connectivity index (χ1n) is 17.6. The Balaban J connectivity index is 3.52. The molecule has 0 aromatic rings. The van der Waals surface area contributed by atoms with Crippen LogP contribution in [0.1, 0.15) is 202 Å². The third-order valence-corrected chi connectivity index (χ3v) is 9.20. The molecule has 0 bridgehead atoms. The van der Waals surface area contributed by atoms with Gasteiger partial charge in [0.15, 0.2) is 0 Å². The van der Waals surface area contributed by atoms with E-state index in [0.717, 1.165) is 43.4 Å². The quantitative estimate of drug-likeness (QED) is 0.0664. The Hall–Kier alpha value is -0.590. The molecule has 0 amide bonds. The molecule has 0 aromatic heterocycles.